The Morgan fingerprint density at radius 2 is 2.11 bits per heavy atom. The van der Waals surface area contributed by atoms with Crippen molar-refractivity contribution >= 4 is 5.97 Å². The van der Waals surface area contributed by atoms with Crippen LogP contribution in [0.3, 0.4) is 0 Å². The fraction of sp³-hybridized carbons (Fsp3) is 0.455. The van der Waals surface area contributed by atoms with E-state index in [1.807, 2.05) is 0 Å². The van der Waals surface area contributed by atoms with Crippen molar-refractivity contribution < 1.29 is 27.4 Å². The molecule has 0 atom stereocenters. The highest BCUT2D eigenvalue weighted by atomic mass is 19.4. The molecule has 0 spiro atoms. The molecule has 19 heavy (non-hydrogen) atoms. The Morgan fingerprint density at radius 3 is 2.58 bits per heavy atom. The molecule has 0 bridgehead atoms. The maximum Gasteiger partial charge on any atom is 0.574 e. The van der Waals surface area contributed by atoms with Crippen LogP contribution in [-0.4, -0.2) is 24.4 Å². The van der Waals surface area contributed by atoms with Gasteiger partial charge in [0.2, 0.25) is 5.88 Å². The first-order valence-electron chi connectivity index (χ1n) is 5.29. The second-order valence-electron chi connectivity index (χ2n) is 3.71. The molecule has 8 heteroatoms. The Labute approximate surface area is 107 Å². The molecule has 1 aromatic rings. The van der Waals surface area contributed by atoms with Gasteiger partial charge in [-0.3, -0.25) is 4.79 Å². The van der Waals surface area contributed by atoms with Crippen LogP contribution in [0.1, 0.15) is 16.8 Å². The number of esters is 1. The number of rotatable bonds is 4. The van der Waals surface area contributed by atoms with Gasteiger partial charge in [0.1, 0.15) is 0 Å². The van der Waals surface area contributed by atoms with Gasteiger partial charge in [0, 0.05) is 17.8 Å². The average Bonchev–Trinajstić information content (AvgIpc) is 2.26. The molecule has 2 N–H and O–H groups in total. The van der Waals surface area contributed by atoms with Gasteiger partial charge in [-0.2, -0.15) is 0 Å². The third-order valence-corrected chi connectivity index (χ3v) is 2.29. The molecule has 106 valence electrons. The monoisotopic (exact) mass is 278 g/mol. The summed E-state index contributed by atoms with van der Waals surface area (Å²) in [5.41, 5.74) is 6.03. The lowest BCUT2D eigenvalue weighted by Gasteiger charge is -2.15. The lowest BCUT2D eigenvalue weighted by Crippen LogP contribution is -2.21. The Bertz CT molecular complexity index is 475. The molecular formula is C11H13F3N2O3. The second kappa shape index (κ2) is 5.87. The predicted octanol–water partition coefficient (Wildman–Crippen LogP) is 1.46. The number of carbonyl (C=O) groups excluding carboxylic acids is 1. The van der Waals surface area contributed by atoms with E-state index in [0.29, 0.717) is 5.56 Å². The number of pyridine rings is 1. The fourth-order valence-corrected chi connectivity index (χ4v) is 1.53. The van der Waals surface area contributed by atoms with Gasteiger partial charge in [0.25, 0.3) is 0 Å². The zero-order valence-corrected chi connectivity index (χ0v) is 10.4. The molecule has 0 aliphatic heterocycles. The number of methoxy groups -OCH3 is 1. The Morgan fingerprint density at radius 1 is 1.47 bits per heavy atom. The average molecular weight is 278 g/mol. The van der Waals surface area contributed by atoms with Gasteiger partial charge in [-0.1, -0.05) is 0 Å². The molecule has 0 unspecified atom stereocenters. The van der Waals surface area contributed by atoms with E-state index >= 15 is 0 Å². The zero-order chi connectivity index (χ0) is 14.6. The van der Waals surface area contributed by atoms with Crippen molar-refractivity contribution in [2.75, 3.05) is 7.11 Å². The first kappa shape index (κ1) is 15.2. The van der Waals surface area contributed by atoms with Crippen LogP contribution in [0.4, 0.5) is 13.2 Å². The van der Waals surface area contributed by atoms with Crippen LogP contribution in [-0.2, 0) is 22.5 Å². The number of carbonyl (C=O) groups is 1. The van der Waals surface area contributed by atoms with E-state index in [9.17, 15) is 18.0 Å². The normalized spacial score (nSPS) is 11.3. The van der Waals surface area contributed by atoms with E-state index in [2.05, 4.69) is 14.5 Å². The number of ether oxygens (including phenoxy) is 2. The molecule has 0 saturated heterocycles. The van der Waals surface area contributed by atoms with Crippen molar-refractivity contribution in [3.63, 3.8) is 0 Å². The Balaban J connectivity index is 3.20. The summed E-state index contributed by atoms with van der Waals surface area (Å²) in [7, 11) is 1.19. The third-order valence-electron chi connectivity index (χ3n) is 2.29. The maximum absolute atomic E-state index is 12.3. The molecule has 0 fully saturated rings. The van der Waals surface area contributed by atoms with Gasteiger partial charge in [-0.25, -0.2) is 4.98 Å². The zero-order valence-electron chi connectivity index (χ0n) is 10.4. The van der Waals surface area contributed by atoms with Crippen LogP contribution in [0.25, 0.3) is 0 Å². The van der Waals surface area contributed by atoms with E-state index in [1.54, 1.807) is 0 Å². The first-order chi connectivity index (χ1) is 8.76. The molecule has 1 heterocycles. The van der Waals surface area contributed by atoms with E-state index in [1.165, 1.54) is 20.1 Å². The van der Waals surface area contributed by atoms with Crippen LogP contribution in [0.2, 0.25) is 0 Å². The van der Waals surface area contributed by atoms with Crippen molar-refractivity contribution in [2.24, 2.45) is 5.73 Å². The summed E-state index contributed by atoms with van der Waals surface area (Å²) in [5, 5.41) is 0. The Kier molecular flexibility index (Phi) is 4.71. The highest BCUT2D eigenvalue weighted by Gasteiger charge is 2.33. The maximum atomic E-state index is 12.3. The van der Waals surface area contributed by atoms with Crippen LogP contribution in [0.15, 0.2) is 6.07 Å². The molecule has 1 rings (SSSR count). The summed E-state index contributed by atoms with van der Waals surface area (Å²) in [6.07, 6.45) is -5.06. The summed E-state index contributed by atoms with van der Waals surface area (Å²) in [6.45, 7) is 1.26. The van der Waals surface area contributed by atoms with E-state index < -0.39 is 18.2 Å². The number of halogens is 3. The number of aryl methyl sites for hydroxylation is 1. The lowest BCUT2D eigenvalue weighted by molar-refractivity contribution is -0.276. The molecule has 0 aromatic carbocycles. The second-order valence-corrected chi connectivity index (χ2v) is 3.71. The van der Waals surface area contributed by atoms with Crippen molar-refractivity contribution in [1.82, 2.24) is 4.98 Å². The molecule has 1 aromatic heterocycles. The number of alkyl halides is 3. The standard InChI is InChI=1S/C11H13F3N2O3/c1-6-3-7(4-9(17)18-2)8(5-15)10(16-6)19-11(12,13)14/h3H,4-5,15H2,1-2H3. The van der Waals surface area contributed by atoms with Crippen molar-refractivity contribution in [2.45, 2.75) is 26.3 Å². The van der Waals surface area contributed by atoms with Gasteiger partial charge in [0.05, 0.1) is 13.5 Å². The first-order valence-corrected chi connectivity index (χ1v) is 5.29. The fourth-order valence-electron chi connectivity index (χ4n) is 1.53. The number of hydrogen-bond acceptors (Lipinski definition) is 5. The van der Waals surface area contributed by atoms with Gasteiger partial charge in [-0.05, 0) is 18.6 Å². The van der Waals surface area contributed by atoms with Gasteiger partial charge in [0.15, 0.2) is 0 Å². The minimum Gasteiger partial charge on any atom is -0.469 e. The molecular weight excluding hydrogens is 265 g/mol. The molecule has 0 saturated carbocycles. The highest BCUT2D eigenvalue weighted by Crippen LogP contribution is 2.27. The topological polar surface area (TPSA) is 74.4 Å². The summed E-state index contributed by atoms with van der Waals surface area (Å²) >= 11 is 0. The Hall–Kier alpha value is -1.83. The number of hydrogen-bond donors (Lipinski definition) is 1. The smallest absolute Gasteiger partial charge is 0.469 e. The van der Waals surface area contributed by atoms with Crippen LogP contribution >= 0.6 is 0 Å². The highest BCUT2D eigenvalue weighted by molar-refractivity contribution is 5.73. The van der Waals surface area contributed by atoms with E-state index in [-0.39, 0.29) is 24.2 Å². The van der Waals surface area contributed by atoms with Crippen LogP contribution < -0.4 is 10.5 Å². The third kappa shape index (κ3) is 4.40. The molecule has 0 aliphatic carbocycles. The van der Waals surface area contributed by atoms with Gasteiger partial charge < -0.3 is 15.2 Å². The quantitative estimate of drug-likeness (QED) is 0.844. The minimum absolute atomic E-state index is 0.0355. The summed E-state index contributed by atoms with van der Waals surface area (Å²) in [6, 6.07) is 1.47. The van der Waals surface area contributed by atoms with E-state index in [0.717, 1.165) is 0 Å². The van der Waals surface area contributed by atoms with Gasteiger partial charge >= 0.3 is 12.3 Å². The lowest BCUT2D eigenvalue weighted by atomic mass is 10.1. The number of nitrogens with zero attached hydrogens (tertiary/aromatic N) is 1. The van der Waals surface area contributed by atoms with Crippen molar-refractivity contribution in [3.8, 4) is 5.88 Å². The van der Waals surface area contributed by atoms with Crippen LogP contribution in [0, 0.1) is 6.92 Å². The molecule has 5 nitrogen and oxygen atoms in total. The van der Waals surface area contributed by atoms with E-state index in [4.69, 9.17) is 5.73 Å². The molecule has 0 amide bonds. The molecule has 0 aliphatic rings. The summed E-state index contributed by atoms with van der Waals surface area (Å²) in [4.78, 5) is 14.9. The predicted molar refractivity (Wildman–Crippen MR) is 59.3 cm³/mol. The van der Waals surface area contributed by atoms with Gasteiger partial charge in [-0.15, -0.1) is 13.2 Å². The van der Waals surface area contributed by atoms with Crippen molar-refractivity contribution in [1.29, 1.82) is 0 Å². The summed E-state index contributed by atoms with van der Waals surface area (Å²) in [5.74, 6) is -1.22. The van der Waals surface area contributed by atoms with Crippen LogP contribution in [0.5, 0.6) is 5.88 Å². The summed E-state index contributed by atoms with van der Waals surface area (Å²) < 4.78 is 45.1. The minimum atomic E-state index is -4.87. The molecule has 0 radical (unpaired) electrons. The SMILES string of the molecule is COC(=O)Cc1cc(C)nc(OC(F)(F)F)c1CN. The largest absolute Gasteiger partial charge is 0.574 e. The van der Waals surface area contributed by atoms with Crippen molar-refractivity contribution in [3.05, 3.63) is 22.9 Å². The number of nitrogens with two attached hydrogens (primary N) is 1. The number of aromatic nitrogens is 1.